The van der Waals surface area contributed by atoms with Crippen LogP contribution in [0.15, 0.2) is 177 Å². The van der Waals surface area contributed by atoms with Gasteiger partial charge in [0.15, 0.2) is 0 Å². The molecule has 0 unspecified atom stereocenters. The first kappa shape index (κ1) is 53.4. The van der Waals surface area contributed by atoms with Crippen molar-refractivity contribution in [1.82, 2.24) is 0 Å². The number of amides is 6. The molecule has 76 heavy (non-hydrogen) atoms. The molecule has 388 valence electrons. The summed E-state index contributed by atoms with van der Waals surface area (Å²) in [4.78, 5) is 62.4. The number of urea groups is 1. The number of nitrogens with one attached hydrogen (secondary N) is 6. The topological polar surface area (TPSA) is 386 Å². The third-order valence-electron chi connectivity index (χ3n) is 10.9. The van der Waals surface area contributed by atoms with E-state index in [0.717, 1.165) is 24.3 Å². The van der Waals surface area contributed by atoms with Crippen molar-refractivity contribution in [2.24, 2.45) is 0 Å². The molecule has 23 nitrogen and oxygen atoms in total. The van der Waals surface area contributed by atoms with Crippen LogP contribution in [0.5, 0.6) is 0 Å². The molecule has 0 fully saturated rings. The molecule has 0 atom stereocenters. The van der Waals surface area contributed by atoms with Gasteiger partial charge < -0.3 is 50.1 Å². The van der Waals surface area contributed by atoms with E-state index >= 15 is 0 Å². The molecule has 0 radical (unpaired) electrons. The molecule has 0 aliphatic carbocycles. The molecule has 0 saturated heterocycles. The van der Waals surface area contributed by atoms with Gasteiger partial charge in [-0.1, -0.05) is 36.4 Å². The number of carbonyl (C=O) groups is 5. The van der Waals surface area contributed by atoms with Gasteiger partial charge >= 0.3 is 6.03 Å². The number of hydrogen-bond acceptors (Lipinski definition) is 17. The van der Waals surface area contributed by atoms with Crippen LogP contribution in [-0.4, -0.2) is 81.5 Å². The van der Waals surface area contributed by atoms with Crippen LogP contribution in [0.3, 0.4) is 0 Å². The summed E-state index contributed by atoms with van der Waals surface area (Å²) < 4.78 is 141. The van der Waals surface area contributed by atoms with E-state index < -0.39 is 89.7 Å². The zero-order valence-electron chi connectivity index (χ0n) is 38.1. The summed E-state index contributed by atoms with van der Waals surface area (Å²) in [7, 11) is -20.8. The van der Waals surface area contributed by atoms with E-state index in [0.29, 0.717) is 12.1 Å². The molecule has 0 aromatic heterocycles. The van der Waals surface area contributed by atoms with Gasteiger partial charge in [-0.2, -0.15) is 0 Å². The zero-order valence-corrected chi connectivity index (χ0v) is 41.4. The van der Waals surface area contributed by atoms with Crippen LogP contribution in [0.2, 0.25) is 0 Å². The fraction of sp³-hybridized carbons (Fsp3) is 0. The highest BCUT2D eigenvalue weighted by Gasteiger charge is 2.19. The Morgan fingerprint density at radius 1 is 0.303 bits per heavy atom. The summed E-state index contributed by atoms with van der Waals surface area (Å²) >= 11 is 0. The largest absolute Gasteiger partial charge is 0.744 e. The molecule has 27 heteroatoms. The van der Waals surface area contributed by atoms with E-state index in [-0.39, 0.29) is 77.9 Å². The molecule has 0 spiro atoms. The van der Waals surface area contributed by atoms with E-state index in [1.165, 1.54) is 121 Å². The molecule has 0 bridgehead atoms. The predicted molar refractivity (Wildman–Crippen MR) is 270 cm³/mol. The first-order valence-electron chi connectivity index (χ1n) is 21.4. The van der Waals surface area contributed by atoms with Crippen LogP contribution in [0.25, 0.3) is 21.5 Å². The Balaban J connectivity index is 0.871. The second-order valence-electron chi connectivity index (χ2n) is 16.2. The number of hydrogen-bond donors (Lipinski definition) is 6. The van der Waals surface area contributed by atoms with Gasteiger partial charge in [-0.15, -0.1) is 0 Å². The number of benzene rings is 8. The highest BCUT2D eigenvalue weighted by molar-refractivity contribution is 7.87. The third kappa shape index (κ3) is 12.7. The number of carbonyl (C=O) groups excluding carboxylic acids is 5. The Labute approximate surface area is 431 Å². The highest BCUT2D eigenvalue weighted by atomic mass is 32.2. The summed E-state index contributed by atoms with van der Waals surface area (Å²) in [6, 6.07) is 32.0. The molecular formula is C49H32N6O17S4-4. The normalized spacial score (nSPS) is 11.8. The number of anilines is 6. The first-order chi connectivity index (χ1) is 35.7. The van der Waals surface area contributed by atoms with Crippen LogP contribution in [0, 0.1) is 0 Å². The van der Waals surface area contributed by atoms with Crippen molar-refractivity contribution in [3.8, 4) is 0 Å². The van der Waals surface area contributed by atoms with Crippen molar-refractivity contribution >= 4 is 126 Å². The van der Waals surface area contributed by atoms with Gasteiger partial charge in [0.05, 0.1) is 19.6 Å². The van der Waals surface area contributed by atoms with Crippen LogP contribution in [0.1, 0.15) is 41.4 Å². The Hall–Kier alpha value is -8.93. The van der Waals surface area contributed by atoms with Crippen molar-refractivity contribution in [1.29, 1.82) is 0 Å². The Bertz CT molecular complexity index is 3980. The molecule has 0 aliphatic rings. The monoisotopic (exact) mass is 1100 g/mol. The molecule has 0 saturated carbocycles. The SMILES string of the molecule is O=C(Nc1cccc(C(=O)Nc2cccc(C(=O)Nc3ccc4cc(S(=O)(=O)[O-])cc(S(=O)(=O)[O-])c4c3)c2)c1)Nc1cccc(C(=O)Nc2cccc(C(=O)Nc3ccc4cc(S(=O)(=O)[O-])cc(S(=O)(=O)[O-])c4c3)c2)c1. The molecule has 0 heterocycles. The highest BCUT2D eigenvalue weighted by Crippen LogP contribution is 2.32. The van der Waals surface area contributed by atoms with Crippen molar-refractivity contribution in [3.63, 3.8) is 0 Å². The van der Waals surface area contributed by atoms with Crippen molar-refractivity contribution < 1.29 is 75.9 Å². The lowest BCUT2D eigenvalue weighted by Crippen LogP contribution is -2.20. The average molecular weight is 1110 g/mol. The lowest BCUT2D eigenvalue weighted by atomic mass is 10.1. The van der Waals surface area contributed by atoms with E-state index in [1.807, 2.05) is 0 Å². The molecule has 8 aromatic rings. The maximum atomic E-state index is 13.3. The van der Waals surface area contributed by atoms with Gasteiger partial charge in [0.1, 0.15) is 40.5 Å². The molecule has 6 N–H and O–H groups in total. The zero-order chi connectivity index (χ0) is 54.9. The third-order valence-corrected chi connectivity index (χ3v) is 14.3. The van der Waals surface area contributed by atoms with Crippen molar-refractivity contribution in [3.05, 3.63) is 180 Å². The Morgan fingerprint density at radius 2 is 0.579 bits per heavy atom. The fourth-order valence-corrected chi connectivity index (χ4v) is 10.2. The van der Waals surface area contributed by atoms with Crippen molar-refractivity contribution in [2.75, 3.05) is 31.9 Å². The summed E-state index contributed by atoms with van der Waals surface area (Å²) in [6.45, 7) is 0. The van der Waals surface area contributed by atoms with Crippen LogP contribution in [-0.2, 0) is 40.5 Å². The van der Waals surface area contributed by atoms with E-state index in [1.54, 1.807) is 0 Å². The molecule has 6 amide bonds. The molecule has 8 rings (SSSR count). The second kappa shape index (κ2) is 20.8. The number of rotatable bonds is 14. The minimum atomic E-state index is -5.28. The molecular weight excluding hydrogens is 1070 g/mol. The van der Waals surface area contributed by atoms with Crippen LogP contribution in [0.4, 0.5) is 38.9 Å². The van der Waals surface area contributed by atoms with Crippen LogP contribution < -0.4 is 31.9 Å². The van der Waals surface area contributed by atoms with Gasteiger partial charge in [-0.05, 0) is 132 Å². The van der Waals surface area contributed by atoms with E-state index in [2.05, 4.69) is 31.9 Å². The second-order valence-corrected chi connectivity index (χ2v) is 21.7. The lowest BCUT2D eigenvalue weighted by molar-refractivity contribution is 0.101. The van der Waals surface area contributed by atoms with Crippen molar-refractivity contribution in [2.45, 2.75) is 19.6 Å². The standard InChI is InChI=1S/C49H36N6O17S4/c56-45(50-33-9-1-5-29(17-33)47(58)52-37-15-13-27-21-39(73(61,62)63)25-43(41(27)23-37)75(67,68)69)31-7-3-11-35(19-31)54-49(60)55-36-12-4-8-32(20-36)46(57)51-34-10-2-6-30(18-34)48(59)53-38-16-14-28-22-40(74(64,65)66)26-44(42(28)24-38)76(70,71)72/h1-26H,(H,50,56)(H,51,57)(H,52,58)(H,53,59)(H2,54,55,60)(H,61,62,63)(H,64,65,66)(H,67,68,69)(H,70,71,72)/p-4. The van der Waals surface area contributed by atoms with Gasteiger partial charge in [0.25, 0.3) is 23.6 Å². The number of fused-ring (bicyclic) bond motifs is 2. The first-order valence-corrected chi connectivity index (χ1v) is 27.0. The maximum absolute atomic E-state index is 13.3. The smallest absolute Gasteiger partial charge is 0.323 e. The lowest BCUT2D eigenvalue weighted by Gasteiger charge is -2.16. The Morgan fingerprint density at radius 3 is 0.855 bits per heavy atom. The minimum Gasteiger partial charge on any atom is -0.744 e. The maximum Gasteiger partial charge on any atom is 0.323 e. The summed E-state index contributed by atoms with van der Waals surface area (Å²) in [6.07, 6.45) is 0. The average Bonchev–Trinajstić information content (AvgIpc) is 3.39. The quantitative estimate of drug-likeness (QED) is 0.0654. The van der Waals surface area contributed by atoms with Gasteiger partial charge in [0.2, 0.25) is 0 Å². The predicted octanol–water partition coefficient (Wildman–Crippen LogP) is 6.26. The van der Waals surface area contributed by atoms with Gasteiger partial charge in [0, 0.05) is 67.2 Å². The van der Waals surface area contributed by atoms with Gasteiger partial charge in [-0.3, -0.25) is 19.2 Å². The summed E-state index contributed by atoms with van der Waals surface area (Å²) in [5.41, 5.74) is 0.909. The van der Waals surface area contributed by atoms with Gasteiger partial charge in [-0.25, -0.2) is 38.5 Å². The molecule has 0 aliphatic heterocycles. The van der Waals surface area contributed by atoms with E-state index in [4.69, 9.17) is 0 Å². The molecule has 8 aromatic carbocycles. The minimum absolute atomic E-state index is 0.00155. The summed E-state index contributed by atoms with van der Waals surface area (Å²) in [5, 5.41) is 14.9. The van der Waals surface area contributed by atoms with Crippen LogP contribution >= 0.6 is 0 Å². The Kier molecular flexibility index (Phi) is 14.6. The summed E-state index contributed by atoms with van der Waals surface area (Å²) in [5.74, 6) is -2.76. The van der Waals surface area contributed by atoms with E-state index in [9.17, 15) is 75.9 Å². The fourth-order valence-electron chi connectivity index (χ4n) is 7.51.